The van der Waals surface area contributed by atoms with Gasteiger partial charge in [-0.1, -0.05) is 12.1 Å². The molecule has 35 heavy (non-hydrogen) atoms. The number of pyridine rings is 1. The van der Waals surface area contributed by atoms with Crippen molar-refractivity contribution in [1.82, 2.24) is 10.3 Å². The largest absolute Gasteiger partial charge is 0.383 e. The van der Waals surface area contributed by atoms with Gasteiger partial charge in [0.2, 0.25) is 0 Å². The summed E-state index contributed by atoms with van der Waals surface area (Å²) in [7, 11) is 1.72. The van der Waals surface area contributed by atoms with Crippen LogP contribution in [0.25, 0.3) is 11.1 Å². The van der Waals surface area contributed by atoms with Gasteiger partial charge in [-0.05, 0) is 56.4 Å². The monoisotopic (exact) mass is 488 g/mol. The second kappa shape index (κ2) is 12.1. The Balaban J connectivity index is 1.36. The fourth-order valence-electron chi connectivity index (χ4n) is 5.02. The Kier molecular flexibility index (Phi) is 8.92. The molecule has 2 heterocycles. The molecule has 0 amide bonds. The molecule has 1 aromatic carbocycles. The molecular formula is C27H38F2N4O2. The number of halogens is 2. The fraction of sp³-hybridized carbons (Fsp3) is 0.593. The van der Waals surface area contributed by atoms with Crippen molar-refractivity contribution in [2.24, 2.45) is 0 Å². The van der Waals surface area contributed by atoms with Gasteiger partial charge in [-0.2, -0.15) is 0 Å². The Morgan fingerprint density at radius 2 is 1.89 bits per heavy atom. The summed E-state index contributed by atoms with van der Waals surface area (Å²) in [4.78, 5) is 4.28. The predicted molar refractivity (Wildman–Crippen MR) is 136 cm³/mol. The number of nitrogens with zero attached hydrogens (tertiary/aromatic N) is 1. The molecule has 192 valence electrons. The van der Waals surface area contributed by atoms with E-state index in [0.717, 1.165) is 36.9 Å². The zero-order valence-corrected chi connectivity index (χ0v) is 20.8. The predicted octanol–water partition coefficient (Wildman–Crippen LogP) is 5.17. The Bertz CT molecular complexity index is 947. The van der Waals surface area contributed by atoms with Gasteiger partial charge in [0.15, 0.2) is 0 Å². The van der Waals surface area contributed by atoms with E-state index in [1.54, 1.807) is 13.2 Å². The number of methoxy groups -OCH3 is 1. The van der Waals surface area contributed by atoms with E-state index in [1.165, 1.54) is 6.20 Å². The lowest BCUT2D eigenvalue weighted by molar-refractivity contribution is -0.00115. The van der Waals surface area contributed by atoms with Crippen molar-refractivity contribution in [3.63, 3.8) is 0 Å². The van der Waals surface area contributed by atoms with E-state index < -0.39 is 5.67 Å². The van der Waals surface area contributed by atoms with Gasteiger partial charge in [0, 0.05) is 69.1 Å². The summed E-state index contributed by atoms with van der Waals surface area (Å²) in [6.07, 6.45) is 6.26. The SMILES string of the molecule is COC[C@H](C)NC1CCC(Nc2cc(-c3cccc(NCC4(F)CCOCC4)c3)c(F)cn2)CC1. The Morgan fingerprint density at radius 3 is 2.63 bits per heavy atom. The second-order valence-electron chi connectivity index (χ2n) is 9.96. The number of nitrogens with one attached hydrogen (secondary N) is 3. The number of hydrogen-bond acceptors (Lipinski definition) is 6. The topological polar surface area (TPSA) is 67.4 Å². The molecule has 6 nitrogen and oxygen atoms in total. The van der Waals surface area contributed by atoms with E-state index in [0.29, 0.717) is 62.2 Å². The standard InChI is InChI=1S/C27H38F2N4O2/c1-19(17-34-2)32-21-6-8-22(9-7-21)33-26-15-24(25(28)16-30-26)20-4-3-5-23(14-20)31-18-27(29)10-12-35-13-11-27/h3-5,14-16,19,21-22,31-32H,6-13,17-18H2,1-2H3,(H,30,33)/t19-,21?,22?/m0/s1. The molecule has 2 aromatic rings. The fourth-order valence-corrected chi connectivity index (χ4v) is 5.02. The lowest BCUT2D eigenvalue weighted by Crippen LogP contribution is -2.42. The van der Waals surface area contributed by atoms with E-state index in [4.69, 9.17) is 9.47 Å². The quantitative estimate of drug-likeness (QED) is 0.429. The van der Waals surface area contributed by atoms with Gasteiger partial charge in [-0.25, -0.2) is 13.8 Å². The van der Waals surface area contributed by atoms with Crippen LogP contribution in [0.1, 0.15) is 45.4 Å². The minimum absolute atomic E-state index is 0.216. The Hall–Kier alpha value is -2.29. The Labute approximate surface area is 207 Å². The van der Waals surface area contributed by atoms with Crippen LogP contribution >= 0.6 is 0 Å². The van der Waals surface area contributed by atoms with Crippen molar-refractivity contribution in [2.75, 3.05) is 44.1 Å². The number of rotatable bonds is 10. The first-order valence-corrected chi connectivity index (χ1v) is 12.7. The third-order valence-corrected chi connectivity index (χ3v) is 7.04. The molecule has 0 spiro atoms. The molecule has 1 aliphatic carbocycles. The third-order valence-electron chi connectivity index (χ3n) is 7.04. The first-order valence-electron chi connectivity index (χ1n) is 12.7. The van der Waals surface area contributed by atoms with Crippen LogP contribution < -0.4 is 16.0 Å². The van der Waals surface area contributed by atoms with Crippen molar-refractivity contribution >= 4 is 11.5 Å². The molecule has 4 rings (SSSR count). The van der Waals surface area contributed by atoms with Crippen LogP contribution in [0.3, 0.4) is 0 Å². The molecule has 2 aliphatic rings. The van der Waals surface area contributed by atoms with Crippen molar-refractivity contribution in [3.05, 3.63) is 42.3 Å². The van der Waals surface area contributed by atoms with E-state index in [1.807, 2.05) is 24.3 Å². The number of alkyl halides is 1. The van der Waals surface area contributed by atoms with Crippen LogP contribution in [-0.4, -0.2) is 62.3 Å². The van der Waals surface area contributed by atoms with E-state index in [9.17, 15) is 8.78 Å². The first kappa shape index (κ1) is 25.8. The van der Waals surface area contributed by atoms with Crippen molar-refractivity contribution in [1.29, 1.82) is 0 Å². The maximum absolute atomic E-state index is 14.9. The van der Waals surface area contributed by atoms with Gasteiger partial charge in [0.05, 0.1) is 12.8 Å². The summed E-state index contributed by atoms with van der Waals surface area (Å²) in [6.45, 7) is 3.96. The molecule has 1 aliphatic heterocycles. The lowest BCUT2D eigenvalue weighted by atomic mass is 9.90. The third kappa shape index (κ3) is 7.35. The van der Waals surface area contributed by atoms with Crippen molar-refractivity contribution < 1.29 is 18.3 Å². The van der Waals surface area contributed by atoms with E-state index in [-0.39, 0.29) is 12.4 Å². The minimum Gasteiger partial charge on any atom is -0.383 e. The van der Waals surface area contributed by atoms with Crippen molar-refractivity contribution in [3.8, 4) is 11.1 Å². The summed E-state index contributed by atoms with van der Waals surface area (Å²) in [6, 6.07) is 10.4. The Morgan fingerprint density at radius 1 is 1.14 bits per heavy atom. The summed E-state index contributed by atoms with van der Waals surface area (Å²) in [5.41, 5.74) is 0.711. The summed E-state index contributed by atoms with van der Waals surface area (Å²) < 4.78 is 40.1. The van der Waals surface area contributed by atoms with Gasteiger partial charge < -0.3 is 25.4 Å². The molecule has 0 radical (unpaired) electrons. The van der Waals surface area contributed by atoms with Crippen LogP contribution in [-0.2, 0) is 9.47 Å². The molecule has 0 unspecified atom stereocenters. The summed E-state index contributed by atoms with van der Waals surface area (Å²) in [5.74, 6) is 0.299. The molecule has 0 bridgehead atoms. The molecule has 1 saturated carbocycles. The maximum Gasteiger partial charge on any atom is 0.149 e. The number of anilines is 2. The summed E-state index contributed by atoms with van der Waals surface area (Å²) in [5, 5.41) is 10.3. The maximum atomic E-state index is 14.9. The zero-order chi connectivity index (χ0) is 24.7. The average Bonchev–Trinajstić information content (AvgIpc) is 2.86. The van der Waals surface area contributed by atoms with Crippen LogP contribution in [0.15, 0.2) is 36.5 Å². The van der Waals surface area contributed by atoms with Crippen molar-refractivity contribution in [2.45, 2.75) is 69.2 Å². The van der Waals surface area contributed by atoms with Crippen LogP contribution in [0, 0.1) is 5.82 Å². The van der Waals surface area contributed by atoms with Gasteiger partial charge >= 0.3 is 0 Å². The van der Waals surface area contributed by atoms with E-state index in [2.05, 4.69) is 27.9 Å². The molecule has 1 atom stereocenters. The smallest absolute Gasteiger partial charge is 0.149 e. The highest BCUT2D eigenvalue weighted by Gasteiger charge is 2.32. The number of ether oxygens (including phenoxy) is 2. The minimum atomic E-state index is -1.27. The molecule has 1 saturated heterocycles. The summed E-state index contributed by atoms with van der Waals surface area (Å²) >= 11 is 0. The number of hydrogen-bond donors (Lipinski definition) is 3. The highest BCUT2D eigenvalue weighted by atomic mass is 19.1. The lowest BCUT2D eigenvalue weighted by Gasteiger charge is -2.32. The van der Waals surface area contributed by atoms with E-state index >= 15 is 0 Å². The number of benzene rings is 1. The van der Waals surface area contributed by atoms with Gasteiger partial charge in [-0.15, -0.1) is 0 Å². The molecular weight excluding hydrogens is 450 g/mol. The van der Waals surface area contributed by atoms with Crippen LogP contribution in [0.4, 0.5) is 20.3 Å². The molecule has 2 fully saturated rings. The molecule has 1 aromatic heterocycles. The highest BCUT2D eigenvalue weighted by Crippen LogP contribution is 2.30. The number of aromatic nitrogens is 1. The normalized spacial score (nSPS) is 23.0. The second-order valence-corrected chi connectivity index (χ2v) is 9.96. The van der Waals surface area contributed by atoms with Gasteiger partial charge in [0.25, 0.3) is 0 Å². The average molecular weight is 489 g/mol. The molecule has 8 heteroatoms. The van der Waals surface area contributed by atoms with Gasteiger partial charge in [0.1, 0.15) is 17.3 Å². The van der Waals surface area contributed by atoms with Crippen LogP contribution in [0.2, 0.25) is 0 Å². The zero-order valence-electron chi connectivity index (χ0n) is 20.8. The van der Waals surface area contributed by atoms with Gasteiger partial charge in [-0.3, -0.25) is 0 Å². The first-order chi connectivity index (χ1) is 16.9. The molecule has 3 N–H and O–H groups in total. The highest BCUT2D eigenvalue weighted by molar-refractivity contribution is 5.70. The van der Waals surface area contributed by atoms with Crippen LogP contribution in [0.5, 0.6) is 0 Å².